The van der Waals surface area contributed by atoms with Gasteiger partial charge in [0.25, 0.3) is 11.7 Å². The fourth-order valence-corrected chi connectivity index (χ4v) is 4.49. The lowest BCUT2D eigenvalue weighted by molar-refractivity contribution is -0.140. The normalized spacial score (nSPS) is 18.2. The Balaban J connectivity index is 2.11. The van der Waals surface area contributed by atoms with Gasteiger partial charge in [-0.3, -0.25) is 9.59 Å². The van der Waals surface area contributed by atoms with E-state index in [1.807, 2.05) is 0 Å². The molecule has 0 bridgehead atoms. The topological polar surface area (TPSA) is 113 Å². The highest BCUT2D eigenvalue weighted by atomic mass is 32.2. The molecule has 2 aromatic carbocycles. The summed E-state index contributed by atoms with van der Waals surface area (Å²) in [7, 11) is 2.19. The lowest BCUT2D eigenvalue weighted by atomic mass is 9.95. The number of sulfonamides is 1. The van der Waals surface area contributed by atoms with Crippen molar-refractivity contribution >= 4 is 27.5 Å². The van der Waals surface area contributed by atoms with Gasteiger partial charge in [0, 0.05) is 33.3 Å². The number of aliphatic hydroxyl groups is 1. The smallest absolute Gasteiger partial charge is 0.295 e. The number of ether oxygens (including phenoxy) is 2. The van der Waals surface area contributed by atoms with Crippen molar-refractivity contribution < 1.29 is 32.6 Å². The third-order valence-corrected chi connectivity index (χ3v) is 7.24. The van der Waals surface area contributed by atoms with Crippen LogP contribution in [0.3, 0.4) is 0 Å². The predicted octanol–water partition coefficient (Wildman–Crippen LogP) is 2.01. The molecule has 0 saturated carbocycles. The summed E-state index contributed by atoms with van der Waals surface area (Å²) in [5.74, 6) is -1.36. The van der Waals surface area contributed by atoms with Crippen molar-refractivity contribution in [3.05, 3.63) is 65.2 Å². The molecule has 0 aromatic heterocycles. The van der Waals surface area contributed by atoms with Crippen molar-refractivity contribution in [3.63, 3.8) is 0 Å². The molecular formula is C23H26N2O7S. The van der Waals surface area contributed by atoms with Gasteiger partial charge in [0.1, 0.15) is 11.5 Å². The minimum Gasteiger partial charge on any atom is -0.507 e. The Labute approximate surface area is 192 Å². The summed E-state index contributed by atoms with van der Waals surface area (Å²) in [6.07, 6.45) is 0. The maximum absolute atomic E-state index is 12.9. The van der Waals surface area contributed by atoms with Gasteiger partial charge in [-0.1, -0.05) is 12.1 Å². The zero-order valence-electron chi connectivity index (χ0n) is 18.8. The van der Waals surface area contributed by atoms with E-state index in [1.54, 1.807) is 24.3 Å². The third-order valence-electron chi connectivity index (χ3n) is 5.41. The van der Waals surface area contributed by atoms with E-state index in [1.165, 1.54) is 57.5 Å². The van der Waals surface area contributed by atoms with Gasteiger partial charge in [0.15, 0.2) is 0 Å². The van der Waals surface area contributed by atoms with Crippen molar-refractivity contribution in [2.45, 2.75) is 10.9 Å². The van der Waals surface area contributed by atoms with Crippen LogP contribution in [0.2, 0.25) is 0 Å². The molecule has 0 aliphatic carbocycles. The minimum atomic E-state index is -3.66. The molecule has 176 valence electrons. The highest BCUT2D eigenvalue weighted by Crippen LogP contribution is 2.39. The summed E-state index contributed by atoms with van der Waals surface area (Å²) in [6, 6.07) is 11.5. The van der Waals surface area contributed by atoms with Crippen LogP contribution in [0.15, 0.2) is 59.0 Å². The number of carbonyl (C=O) groups is 2. The van der Waals surface area contributed by atoms with Gasteiger partial charge in [-0.2, -0.15) is 0 Å². The molecule has 3 rings (SSSR count). The highest BCUT2D eigenvalue weighted by Gasteiger charge is 2.45. The van der Waals surface area contributed by atoms with Gasteiger partial charge in [0.2, 0.25) is 10.0 Å². The first kappa shape index (κ1) is 24.4. The minimum absolute atomic E-state index is 0.0382. The Morgan fingerprint density at radius 1 is 1.03 bits per heavy atom. The Kier molecular flexibility index (Phi) is 7.21. The fourth-order valence-electron chi connectivity index (χ4n) is 3.58. The van der Waals surface area contributed by atoms with E-state index in [0.29, 0.717) is 11.3 Å². The van der Waals surface area contributed by atoms with Crippen molar-refractivity contribution in [1.82, 2.24) is 9.21 Å². The third kappa shape index (κ3) is 4.63. The van der Waals surface area contributed by atoms with Crippen LogP contribution in [0, 0.1) is 0 Å². The molecule has 1 aliphatic rings. The van der Waals surface area contributed by atoms with Gasteiger partial charge >= 0.3 is 0 Å². The summed E-state index contributed by atoms with van der Waals surface area (Å²) >= 11 is 0. The van der Waals surface area contributed by atoms with Crippen LogP contribution in [0.5, 0.6) is 5.75 Å². The number of amides is 1. The lowest BCUT2D eigenvalue weighted by Gasteiger charge is -2.25. The first-order valence-electron chi connectivity index (χ1n) is 10.1. The van der Waals surface area contributed by atoms with Crippen LogP contribution in [0.1, 0.15) is 17.2 Å². The number of likely N-dealkylation sites (tertiary alicyclic amines) is 1. The Hall–Kier alpha value is -3.21. The van der Waals surface area contributed by atoms with E-state index in [9.17, 15) is 23.1 Å². The zero-order chi connectivity index (χ0) is 24.3. The van der Waals surface area contributed by atoms with E-state index >= 15 is 0 Å². The second-order valence-electron chi connectivity index (χ2n) is 7.57. The number of benzene rings is 2. The first-order valence-corrected chi connectivity index (χ1v) is 11.5. The Morgan fingerprint density at radius 2 is 1.64 bits per heavy atom. The first-order chi connectivity index (χ1) is 15.6. The fraction of sp³-hybridized carbons (Fsp3) is 0.304. The second kappa shape index (κ2) is 9.74. The molecule has 0 spiro atoms. The molecule has 33 heavy (non-hydrogen) atoms. The van der Waals surface area contributed by atoms with Gasteiger partial charge in [-0.15, -0.1) is 0 Å². The number of hydrogen-bond donors (Lipinski definition) is 1. The molecule has 0 unspecified atom stereocenters. The van der Waals surface area contributed by atoms with E-state index < -0.39 is 27.8 Å². The maximum atomic E-state index is 12.9. The zero-order valence-corrected chi connectivity index (χ0v) is 19.6. The SMILES string of the molecule is COCCN1C(=O)C(=O)C(=C(O)c2ccc(S(=O)(=O)N(C)C)cc2)[C@@H]1c1ccc(OC)cc1. The van der Waals surface area contributed by atoms with Gasteiger partial charge in [-0.25, -0.2) is 12.7 Å². The van der Waals surface area contributed by atoms with Crippen LogP contribution in [0.25, 0.3) is 5.76 Å². The molecule has 10 heteroatoms. The number of Topliss-reactive ketones (excluding diaryl/α,β-unsaturated/α-hetero) is 1. The molecule has 1 heterocycles. The largest absolute Gasteiger partial charge is 0.507 e. The summed E-state index contributed by atoms with van der Waals surface area (Å²) in [6.45, 7) is 0.353. The molecule has 2 aromatic rings. The molecular weight excluding hydrogens is 448 g/mol. The van der Waals surface area contributed by atoms with Gasteiger partial charge in [0.05, 0.1) is 30.2 Å². The monoisotopic (exact) mass is 474 g/mol. The van der Waals surface area contributed by atoms with Crippen molar-refractivity contribution in [2.24, 2.45) is 0 Å². The number of hydrogen-bond acceptors (Lipinski definition) is 7. The number of methoxy groups -OCH3 is 2. The maximum Gasteiger partial charge on any atom is 0.295 e. The molecule has 9 nitrogen and oxygen atoms in total. The quantitative estimate of drug-likeness (QED) is 0.354. The number of ketones is 1. The summed E-state index contributed by atoms with van der Waals surface area (Å²) in [4.78, 5) is 27.1. The molecule has 1 N–H and O–H groups in total. The van der Waals surface area contributed by atoms with Crippen LogP contribution in [0.4, 0.5) is 0 Å². The number of aliphatic hydroxyl groups excluding tert-OH is 1. The van der Waals surface area contributed by atoms with Crippen LogP contribution >= 0.6 is 0 Å². The number of carbonyl (C=O) groups excluding carboxylic acids is 2. The summed E-state index contributed by atoms with van der Waals surface area (Å²) < 4.78 is 36.0. The predicted molar refractivity (Wildman–Crippen MR) is 121 cm³/mol. The van der Waals surface area contributed by atoms with Crippen LogP contribution in [-0.2, 0) is 24.3 Å². The van der Waals surface area contributed by atoms with Crippen molar-refractivity contribution in [3.8, 4) is 5.75 Å². The Morgan fingerprint density at radius 3 is 2.15 bits per heavy atom. The average Bonchev–Trinajstić information content (AvgIpc) is 3.07. The van der Waals surface area contributed by atoms with E-state index in [4.69, 9.17) is 9.47 Å². The van der Waals surface area contributed by atoms with Crippen LogP contribution in [-0.4, -0.2) is 75.9 Å². The molecule has 1 atom stereocenters. The number of rotatable bonds is 8. The number of nitrogens with zero attached hydrogens (tertiary/aromatic N) is 2. The van der Waals surface area contributed by atoms with E-state index in [2.05, 4.69) is 0 Å². The molecule has 1 amide bonds. The van der Waals surface area contributed by atoms with Crippen molar-refractivity contribution in [1.29, 1.82) is 0 Å². The van der Waals surface area contributed by atoms with Gasteiger partial charge < -0.3 is 19.5 Å². The van der Waals surface area contributed by atoms with Gasteiger partial charge in [-0.05, 0) is 42.0 Å². The van der Waals surface area contributed by atoms with E-state index in [-0.39, 0.29) is 34.9 Å². The van der Waals surface area contributed by atoms with Crippen molar-refractivity contribution in [2.75, 3.05) is 41.5 Å². The highest BCUT2D eigenvalue weighted by molar-refractivity contribution is 7.89. The molecule has 1 fully saturated rings. The lowest BCUT2D eigenvalue weighted by Crippen LogP contribution is -2.32. The van der Waals surface area contributed by atoms with Crippen LogP contribution < -0.4 is 4.74 Å². The standard InChI is InChI=1S/C23H26N2O7S/c1-24(2)33(29,30)18-11-7-16(8-12-18)21(26)19-20(15-5-9-17(32-4)10-6-15)25(13-14-31-3)23(28)22(19)27/h5-12,20,26H,13-14H2,1-4H3/t20-/m0/s1. The molecule has 1 saturated heterocycles. The summed E-state index contributed by atoms with van der Waals surface area (Å²) in [5.41, 5.74) is 0.750. The average molecular weight is 475 g/mol. The molecule has 1 aliphatic heterocycles. The second-order valence-corrected chi connectivity index (χ2v) is 9.72. The summed E-state index contributed by atoms with van der Waals surface area (Å²) in [5, 5.41) is 11.1. The molecule has 0 radical (unpaired) electrons. The Bertz CT molecular complexity index is 1170. The van der Waals surface area contributed by atoms with E-state index in [0.717, 1.165) is 4.31 Å².